The van der Waals surface area contributed by atoms with Gasteiger partial charge in [-0.1, -0.05) is 62.5 Å². The smallest absolute Gasteiger partial charge is 0.138 e. The van der Waals surface area contributed by atoms with Crippen LogP contribution in [0.1, 0.15) is 60.9 Å². The molecule has 0 saturated heterocycles. The highest BCUT2D eigenvalue weighted by Crippen LogP contribution is 2.22. The lowest BCUT2D eigenvalue weighted by Crippen LogP contribution is -1.96. The number of ether oxygens (including phenoxy) is 1. The molecule has 0 aliphatic carbocycles. The predicted molar refractivity (Wildman–Crippen MR) is 155 cm³/mol. The minimum absolute atomic E-state index is 0.767. The topological polar surface area (TPSA) is 33.0 Å². The van der Waals surface area contributed by atoms with Crippen molar-refractivity contribution in [1.29, 1.82) is 5.26 Å². The Morgan fingerprint density at radius 1 is 0.703 bits per heavy atom. The molecule has 4 aromatic carbocycles. The Hall–Kier alpha value is -4.10. The van der Waals surface area contributed by atoms with Gasteiger partial charge in [0.05, 0.1) is 6.61 Å². The van der Waals surface area contributed by atoms with E-state index in [-0.39, 0.29) is 0 Å². The van der Waals surface area contributed by atoms with Crippen LogP contribution in [-0.2, 0) is 6.42 Å². The molecule has 0 saturated carbocycles. The molecule has 0 aliphatic heterocycles. The molecular formula is C34H29NOS. The molecule has 0 aliphatic rings. The number of thiocyanates is 1. The summed E-state index contributed by atoms with van der Waals surface area (Å²) in [6.45, 7) is 5.10. The summed E-state index contributed by atoms with van der Waals surface area (Å²) in [5.74, 6) is 14.1. The van der Waals surface area contributed by atoms with Crippen molar-refractivity contribution in [1.82, 2.24) is 0 Å². The van der Waals surface area contributed by atoms with Crippen LogP contribution >= 0.6 is 11.8 Å². The summed E-state index contributed by atoms with van der Waals surface area (Å²) < 4.78 is 5.89. The second-order valence-corrected chi connectivity index (χ2v) is 9.58. The third kappa shape index (κ3) is 7.44. The number of hydrogen-bond acceptors (Lipinski definition) is 3. The van der Waals surface area contributed by atoms with Gasteiger partial charge in [-0.05, 0) is 108 Å². The average molecular weight is 500 g/mol. The number of fused-ring (bicyclic) bond motifs is 1. The maximum Gasteiger partial charge on any atom is 0.138 e. The van der Waals surface area contributed by atoms with Gasteiger partial charge < -0.3 is 4.74 Å². The molecule has 0 N–H and O–H groups in total. The van der Waals surface area contributed by atoms with Crippen LogP contribution in [0.3, 0.4) is 0 Å². The van der Waals surface area contributed by atoms with Crippen LogP contribution in [0.15, 0.2) is 83.8 Å². The van der Waals surface area contributed by atoms with Crippen molar-refractivity contribution in [3.8, 4) is 34.8 Å². The number of nitriles is 1. The van der Waals surface area contributed by atoms with Crippen molar-refractivity contribution in [3.63, 3.8) is 0 Å². The highest BCUT2D eigenvalue weighted by Gasteiger charge is 2.01. The van der Waals surface area contributed by atoms with Crippen molar-refractivity contribution in [2.24, 2.45) is 0 Å². The van der Waals surface area contributed by atoms with Crippen LogP contribution < -0.4 is 4.74 Å². The van der Waals surface area contributed by atoms with E-state index < -0.39 is 0 Å². The van der Waals surface area contributed by atoms with Gasteiger partial charge in [0.1, 0.15) is 11.2 Å². The first-order chi connectivity index (χ1) is 18.2. The van der Waals surface area contributed by atoms with Gasteiger partial charge in [-0.2, -0.15) is 5.26 Å². The van der Waals surface area contributed by atoms with Gasteiger partial charge in [0.2, 0.25) is 0 Å². The molecule has 182 valence electrons. The monoisotopic (exact) mass is 499 g/mol. The van der Waals surface area contributed by atoms with Gasteiger partial charge in [-0.15, -0.1) is 0 Å². The highest BCUT2D eigenvalue weighted by atomic mass is 32.2. The molecule has 4 aromatic rings. The summed E-state index contributed by atoms with van der Waals surface area (Å²) in [5.41, 5.74) is 5.10. The Balaban J connectivity index is 1.47. The molecule has 0 spiro atoms. The molecular weight excluding hydrogens is 470 g/mol. The Morgan fingerprint density at radius 2 is 1.38 bits per heavy atom. The fraction of sp³-hybridized carbons (Fsp3) is 0.206. The zero-order valence-electron chi connectivity index (χ0n) is 21.3. The van der Waals surface area contributed by atoms with E-state index in [2.05, 4.69) is 85.4 Å². The van der Waals surface area contributed by atoms with Crippen LogP contribution in [-0.4, -0.2) is 6.61 Å². The van der Waals surface area contributed by atoms with E-state index in [0.29, 0.717) is 0 Å². The molecule has 0 atom stereocenters. The van der Waals surface area contributed by atoms with Crippen LogP contribution in [0.4, 0.5) is 0 Å². The first-order valence-corrected chi connectivity index (χ1v) is 13.5. The number of nitrogens with zero attached hydrogens (tertiary/aromatic N) is 1. The highest BCUT2D eigenvalue weighted by molar-refractivity contribution is 8.03. The third-order valence-electron chi connectivity index (χ3n) is 6.02. The first-order valence-electron chi connectivity index (χ1n) is 12.7. The largest absolute Gasteiger partial charge is 0.494 e. The van der Waals surface area contributed by atoms with Gasteiger partial charge >= 0.3 is 0 Å². The molecule has 2 nitrogen and oxygen atoms in total. The van der Waals surface area contributed by atoms with Crippen LogP contribution in [0.5, 0.6) is 5.75 Å². The Kier molecular flexibility index (Phi) is 9.32. The number of aryl methyl sites for hydroxylation is 1. The lowest BCUT2D eigenvalue weighted by molar-refractivity contribution is 0.306. The Labute approximate surface area is 224 Å². The molecule has 0 bridgehead atoms. The molecule has 3 heteroatoms. The molecule has 4 rings (SSSR count). The second-order valence-electron chi connectivity index (χ2n) is 8.72. The molecule has 0 fully saturated rings. The quantitative estimate of drug-likeness (QED) is 0.111. The van der Waals surface area contributed by atoms with E-state index in [1.165, 1.54) is 18.4 Å². The molecule has 37 heavy (non-hydrogen) atoms. The van der Waals surface area contributed by atoms with Crippen molar-refractivity contribution in [2.45, 2.75) is 44.4 Å². The van der Waals surface area contributed by atoms with Gasteiger partial charge in [0.15, 0.2) is 0 Å². The summed E-state index contributed by atoms with van der Waals surface area (Å²) in [4.78, 5) is 0.924. The minimum Gasteiger partial charge on any atom is -0.494 e. The zero-order valence-corrected chi connectivity index (χ0v) is 22.1. The summed E-state index contributed by atoms with van der Waals surface area (Å²) in [6.07, 6.45) is 4.37. The fourth-order valence-corrected chi connectivity index (χ4v) is 4.34. The van der Waals surface area contributed by atoms with Gasteiger partial charge in [-0.3, -0.25) is 0 Å². The molecule has 0 aromatic heterocycles. The van der Waals surface area contributed by atoms with E-state index >= 15 is 0 Å². The molecule has 0 amide bonds. The number of benzene rings is 4. The fourth-order valence-electron chi connectivity index (χ4n) is 3.96. The Morgan fingerprint density at radius 3 is 2.14 bits per heavy atom. The third-order valence-corrected chi connectivity index (χ3v) is 6.62. The summed E-state index contributed by atoms with van der Waals surface area (Å²) in [6, 6.07) is 26.5. The SMILES string of the molecule is CCCCCOc1ccc2cc(C#Cc3ccc(C#Cc4ccc(SC#N)cc4)c(CC)c3)ccc2c1. The van der Waals surface area contributed by atoms with Crippen molar-refractivity contribution in [3.05, 3.63) is 107 Å². The lowest BCUT2D eigenvalue weighted by Gasteiger charge is -2.07. The van der Waals surface area contributed by atoms with Crippen LogP contribution in [0.25, 0.3) is 10.8 Å². The normalized spacial score (nSPS) is 10.1. The zero-order chi connectivity index (χ0) is 25.9. The maximum absolute atomic E-state index is 8.78. The van der Waals surface area contributed by atoms with Crippen LogP contribution in [0.2, 0.25) is 0 Å². The lowest BCUT2D eigenvalue weighted by atomic mass is 10.0. The molecule has 0 unspecified atom stereocenters. The standard InChI is InChI=1S/C34H29NOS/c1-3-5-6-21-36-33-18-17-31-23-28(11-16-32(31)24-33)8-7-27-10-15-30(29(4-2)22-27)14-9-26-12-19-34(20-13-26)37-25-35/h10-13,15-20,22-24H,3-6,21H2,1-2H3. The van der Waals surface area contributed by atoms with Gasteiger partial charge in [0, 0.05) is 27.1 Å². The van der Waals surface area contributed by atoms with Crippen molar-refractivity contribution in [2.75, 3.05) is 6.61 Å². The molecule has 0 heterocycles. The first kappa shape index (κ1) is 26.0. The summed E-state index contributed by atoms with van der Waals surface area (Å²) in [7, 11) is 0. The van der Waals surface area contributed by atoms with E-state index in [0.717, 1.165) is 74.9 Å². The second kappa shape index (κ2) is 13.3. The number of thioether (sulfide) groups is 1. The van der Waals surface area contributed by atoms with Gasteiger partial charge in [-0.25, -0.2) is 0 Å². The minimum atomic E-state index is 0.767. The van der Waals surface area contributed by atoms with Crippen LogP contribution in [0, 0.1) is 34.3 Å². The number of hydrogen-bond donors (Lipinski definition) is 0. The number of rotatable bonds is 7. The van der Waals surface area contributed by atoms with E-state index in [1.807, 2.05) is 36.4 Å². The van der Waals surface area contributed by atoms with E-state index in [4.69, 9.17) is 10.00 Å². The summed E-state index contributed by atoms with van der Waals surface area (Å²) in [5, 5.41) is 13.2. The molecule has 0 radical (unpaired) electrons. The number of unbranched alkanes of at least 4 members (excludes halogenated alkanes) is 2. The van der Waals surface area contributed by atoms with E-state index in [1.54, 1.807) is 0 Å². The maximum atomic E-state index is 8.78. The summed E-state index contributed by atoms with van der Waals surface area (Å²) >= 11 is 1.15. The van der Waals surface area contributed by atoms with Crippen molar-refractivity contribution >= 4 is 22.5 Å². The van der Waals surface area contributed by atoms with Crippen molar-refractivity contribution < 1.29 is 4.74 Å². The average Bonchev–Trinajstić information content (AvgIpc) is 2.94. The van der Waals surface area contributed by atoms with E-state index in [9.17, 15) is 0 Å². The predicted octanol–water partition coefficient (Wildman–Crippen LogP) is 8.34. The Bertz CT molecular complexity index is 1540. The van der Waals surface area contributed by atoms with Gasteiger partial charge in [0.25, 0.3) is 0 Å².